The van der Waals surface area contributed by atoms with Crippen LogP contribution in [0.4, 0.5) is 4.39 Å². The number of aliphatic hydroxyl groups excluding tert-OH is 1. The number of sulfonamides is 1. The average molecular weight is 642 g/mol. The highest BCUT2D eigenvalue weighted by Gasteiger charge is 2.24. The van der Waals surface area contributed by atoms with E-state index in [2.05, 4.69) is 37.1 Å². The van der Waals surface area contributed by atoms with Crippen LogP contribution in [0.15, 0.2) is 47.4 Å². The second-order valence-electron chi connectivity index (χ2n) is 10.4. The molecule has 13 heteroatoms. The van der Waals surface area contributed by atoms with Gasteiger partial charge in [0.1, 0.15) is 11.9 Å². The summed E-state index contributed by atoms with van der Waals surface area (Å²) in [5.74, 6) is -1.39. The Hall–Kier alpha value is -3.00. The van der Waals surface area contributed by atoms with E-state index in [0.29, 0.717) is 35.8 Å². The first-order chi connectivity index (χ1) is 20.2. The van der Waals surface area contributed by atoms with E-state index in [1.165, 1.54) is 30.3 Å². The number of aliphatic hydroxyl groups is 1. The Bertz CT molecular complexity index is 1300. The molecular weight excluding hydrogens is 597 g/mol. The summed E-state index contributed by atoms with van der Waals surface area (Å²) in [6.07, 6.45) is 1.66. The number of benzene rings is 2. The van der Waals surface area contributed by atoms with Crippen molar-refractivity contribution in [2.45, 2.75) is 83.4 Å². The van der Waals surface area contributed by atoms with Crippen LogP contribution in [0.25, 0.3) is 11.1 Å². The van der Waals surface area contributed by atoms with Gasteiger partial charge in [-0.2, -0.15) is 12.6 Å². The zero-order valence-electron chi connectivity index (χ0n) is 25.1. The first-order valence-corrected chi connectivity index (χ1v) is 16.3. The largest absolute Gasteiger partial charge is 0.481 e. The molecule has 0 aliphatic carbocycles. The highest BCUT2D eigenvalue weighted by atomic mass is 32.2. The molecule has 0 aliphatic heterocycles. The summed E-state index contributed by atoms with van der Waals surface area (Å²) < 4.78 is 42.0. The van der Waals surface area contributed by atoms with E-state index in [-0.39, 0.29) is 35.4 Å². The lowest BCUT2D eigenvalue weighted by Crippen LogP contribution is -2.38. The van der Waals surface area contributed by atoms with Gasteiger partial charge < -0.3 is 20.8 Å². The van der Waals surface area contributed by atoms with Crippen molar-refractivity contribution in [3.63, 3.8) is 0 Å². The number of aliphatic carboxylic acids is 1. The van der Waals surface area contributed by atoms with Gasteiger partial charge in [-0.1, -0.05) is 57.5 Å². The maximum atomic E-state index is 14.8. The summed E-state index contributed by atoms with van der Waals surface area (Å²) in [6, 6.07) is 10.2. The van der Waals surface area contributed by atoms with Crippen LogP contribution in [0, 0.1) is 11.7 Å². The monoisotopic (exact) mass is 641 g/mol. The van der Waals surface area contributed by atoms with E-state index in [1.807, 2.05) is 11.6 Å². The molecule has 0 aliphatic rings. The minimum Gasteiger partial charge on any atom is -0.481 e. The number of thiol groups is 1. The molecule has 2 amide bonds. The van der Waals surface area contributed by atoms with E-state index >= 15 is 0 Å². The van der Waals surface area contributed by atoms with Gasteiger partial charge in [0, 0.05) is 48.9 Å². The molecule has 0 radical (unpaired) electrons. The molecular formula is C30H44FN3O7S2. The number of carboxylic acid groups (broad SMARTS) is 1. The lowest BCUT2D eigenvalue weighted by molar-refractivity contribution is -0.137. The average Bonchev–Trinajstić information content (AvgIpc) is 2.94. The van der Waals surface area contributed by atoms with E-state index in [1.54, 1.807) is 12.1 Å². The van der Waals surface area contributed by atoms with Gasteiger partial charge >= 0.3 is 5.97 Å². The number of hydrogen-bond donors (Lipinski definition) is 6. The number of halogens is 1. The molecule has 2 aromatic rings. The van der Waals surface area contributed by atoms with Crippen LogP contribution in [-0.4, -0.2) is 60.9 Å². The van der Waals surface area contributed by atoms with Crippen LogP contribution in [0.5, 0.6) is 0 Å². The van der Waals surface area contributed by atoms with Crippen molar-refractivity contribution in [3.8, 4) is 11.1 Å². The van der Waals surface area contributed by atoms with Gasteiger partial charge in [-0.05, 0) is 43.4 Å². The second kappa shape index (κ2) is 19.3. The molecule has 2 aromatic carbocycles. The molecule has 0 spiro atoms. The number of hydrogen-bond acceptors (Lipinski definition) is 8. The van der Waals surface area contributed by atoms with Gasteiger partial charge in [0.05, 0.1) is 4.90 Å². The predicted octanol–water partition coefficient (Wildman–Crippen LogP) is 3.88. The number of amides is 2. The Kier molecular flexibility index (Phi) is 17.1. The highest BCUT2D eigenvalue weighted by molar-refractivity contribution is 7.90. The third kappa shape index (κ3) is 14.3. The second-order valence-corrected chi connectivity index (χ2v) is 12.5. The van der Waals surface area contributed by atoms with Crippen LogP contribution in [-0.2, 0) is 31.0 Å². The summed E-state index contributed by atoms with van der Waals surface area (Å²) in [5, 5.41) is 23.4. The van der Waals surface area contributed by atoms with E-state index in [4.69, 9.17) is 5.11 Å². The lowest BCUT2D eigenvalue weighted by Gasteiger charge is -2.18. The molecule has 0 fully saturated rings. The molecule has 5 N–H and O–H groups in total. The minimum absolute atomic E-state index is 0.0119. The summed E-state index contributed by atoms with van der Waals surface area (Å²) in [6.45, 7) is 7.83. The number of carbonyl (C=O) groups is 3. The predicted molar refractivity (Wildman–Crippen MR) is 168 cm³/mol. The summed E-state index contributed by atoms with van der Waals surface area (Å²) in [7, 11) is -4.29. The van der Waals surface area contributed by atoms with Crippen molar-refractivity contribution in [1.82, 2.24) is 15.4 Å². The summed E-state index contributed by atoms with van der Waals surface area (Å²) in [5.41, 5.74) is 0.873. The molecule has 0 unspecified atom stereocenters. The number of nitrogens with one attached hydrogen (secondary N) is 3. The third-order valence-corrected chi connectivity index (χ3v) is 7.93. The Morgan fingerprint density at radius 1 is 1.05 bits per heavy atom. The van der Waals surface area contributed by atoms with Crippen LogP contribution < -0.4 is 15.4 Å². The Labute approximate surface area is 259 Å². The van der Waals surface area contributed by atoms with Gasteiger partial charge in [0.2, 0.25) is 5.91 Å². The topological polar surface area (TPSA) is 162 Å². The number of carbonyl (C=O) groups excluding carboxylic acids is 2. The molecule has 43 heavy (non-hydrogen) atoms. The molecule has 0 saturated heterocycles. The molecule has 2 rings (SSSR count). The first-order valence-electron chi connectivity index (χ1n) is 14.2. The molecule has 240 valence electrons. The maximum Gasteiger partial charge on any atom is 0.303 e. The number of carboxylic acids is 1. The Balaban J connectivity index is 0.00000117. The Morgan fingerprint density at radius 3 is 2.26 bits per heavy atom. The van der Waals surface area contributed by atoms with Gasteiger partial charge in [-0.3, -0.25) is 14.4 Å². The smallest absolute Gasteiger partial charge is 0.303 e. The van der Waals surface area contributed by atoms with E-state index < -0.39 is 33.8 Å². The van der Waals surface area contributed by atoms with Gasteiger partial charge in [-0.25, -0.2) is 17.5 Å². The summed E-state index contributed by atoms with van der Waals surface area (Å²) >= 11 is 4.28. The standard InChI is InChI=1S/C25H34FN3O5S2.C5H10O2/c1-16(2)12-20(15-35)28-24(31)10-11-27-14-19-9-8-18(13-22(19)26)21-6-4-5-7-23(21)36(33,34)29-25(32)17(3)30;1-2-3-4-5(6)7/h4-9,13,16-17,20,27,30,35H,10-12,14-15H2,1-3H3,(H,28,31)(H,29,32);2-4H2,1H3,(H,6,7)/t17-,20+;/m0./s1. The molecule has 0 heterocycles. The zero-order chi connectivity index (χ0) is 32.6. The number of rotatable bonds is 16. The first kappa shape index (κ1) is 38.0. The van der Waals surface area contributed by atoms with E-state index in [0.717, 1.165) is 26.2 Å². The fraction of sp³-hybridized carbons (Fsp3) is 0.500. The quantitative estimate of drug-likeness (QED) is 0.119. The number of unbranched alkanes of at least 4 members (excludes halogenated alkanes) is 1. The van der Waals surface area contributed by atoms with Crippen molar-refractivity contribution in [2.24, 2.45) is 5.92 Å². The normalized spacial score (nSPS) is 12.6. The SMILES string of the molecule is CC(C)C[C@H](CS)NC(=O)CCNCc1ccc(-c2ccccc2S(=O)(=O)NC(=O)[C@H](C)O)cc1F.CCCCC(=O)O. The zero-order valence-corrected chi connectivity index (χ0v) is 26.8. The van der Waals surface area contributed by atoms with Crippen molar-refractivity contribution < 1.29 is 37.4 Å². The molecule has 0 saturated carbocycles. The lowest BCUT2D eigenvalue weighted by atomic mass is 10.0. The fourth-order valence-corrected chi connectivity index (χ4v) is 5.39. The van der Waals surface area contributed by atoms with Crippen molar-refractivity contribution >= 4 is 40.4 Å². The van der Waals surface area contributed by atoms with Crippen LogP contribution in [0.2, 0.25) is 0 Å². The van der Waals surface area contributed by atoms with Gasteiger partial charge in [0.15, 0.2) is 0 Å². The fourth-order valence-electron chi connectivity index (χ4n) is 3.87. The van der Waals surface area contributed by atoms with Gasteiger partial charge in [0.25, 0.3) is 15.9 Å². The highest BCUT2D eigenvalue weighted by Crippen LogP contribution is 2.28. The van der Waals surface area contributed by atoms with Crippen LogP contribution >= 0.6 is 12.6 Å². The molecule has 0 bridgehead atoms. The molecule has 10 nitrogen and oxygen atoms in total. The van der Waals surface area contributed by atoms with Crippen molar-refractivity contribution in [2.75, 3.05) is 12.3 Å². The molecule has 0 aromatic heterocycles. The van der Waals surface area contributed by atoms with E-state index in [9.17, 15) is 32.3 Å². The van der Waals surface area contributed by atoms with Crippen LogP contribution in [0.3, 0.4) is 0 Å². The minimum atomic E-state index is -4.29. The van der Waals surface area contributed by atoms with Crippen LogP contribution in [0.1, 0.15) is 65.4 Å². The van der Waals surface area contributed by atoms with Gasteiger partial charge in [-0.15, -0.1) is 0 Å². The Morgan fingerprint density at radius 2 is 1.72 bits per heavy atom. The maximum absolute atomic E-state index is 14.8. The molecule has 2 atom stereocenters. The summed E-state index contributed by atoms with van der Waals surface area (Å²) in [4.78, 5) is 33.4. The third-order valence-electron chi connectivity index (χ3n) is 6.08. The van der Waals surface area contributed by atoms with Crippen molar-refractivity contribution in [1.29, 1.82) is 0 Å². The van der Waals surface area contributed by atoms with Crippen molar-refractivity contribution in [3.05, 3.63) is 53.8 Å².